The standard InChI is InChI=1S/C24H35NO12/c1-2-14-15(4-3-12-7-13(21(31)32)9-25(8-12)5-6-26)16(22(33)34)11-35-23(14)37-24-20(30)19(29)18(28)17(10-27)36-24/h2-4,11-15,17-20,23-24,26-30H,1,5-10H2,(H,31,32)(H,33,34)/t12?,13?,14-,15+,17-,18-,19+,20-,23+,24+/m1/s1. The molecule has 3 unspecified atom stereocenters. The lowest BCUT2D eigenvalue weighted by atomic mass is 9.81. The van der Waals surface area contributed by atoms with Crippen molar-refractivity contribution in [2.45, 2.75) is 43.4 Å². The molecule has 0 aromatic heterocycles. The van der Waals surface area contributed by atoms with Gasteiger partial charge in [-0.2, -0.15) is 0 Å². The van der Waals surface area contributed by atoms with E-state index >= 15 is 0 Å². The van der Waals surface area contributed by atoms with Crippen molar-refractivity contribution in [3.05, 3.63) is 36.6 Å². The first-order valence-corrected chi connectivity index (χ1v) is 12.1. The normalized spacial score (nSPS) is 40.6. The second-order valence-corrected chi connectivity index (χ2v) is 9.58. The number of hydrogen-bond donors (Lipinski definition) is 7. The maximum absolute atomic E-state index is 11.9. The van der Waals surface area contributed by atoms with Crippen molar-refractivity contribution in [2.24, 2.45) is 23.7 Å². The van der Waals surface area contributed by atoms with Crippen LogP contribution in [0.1, 0.15) is 6.42 Å². The number of aliphatic hydroxyl groups excluding tert-OH is 5. The molecule has 3 aliphatic rings. The number of aliphatic carboxylic acids is 2. The third-order valence-corrected chi connectivity index (χ3v) is 7.12. The van der Waals surface area contributed by atoms with E-state index in [0.29, 0.717) is 26.1 Å². The number of carbonyl (C=O) groups excluding carboxylic acids is 1. The summed E-state index contributed by atoms with van der Waals surface area (Å²) in [6.45, 7) is 4.23. The molecule has 0 spiro atoms. The van der Waals surface area contributed by atoms with Crippen molar-refractivity contribution < 1.29 is 64.4 Å². The maximum atomic E-state index is 11.9. The van der Waals surface area contributed by atoms with Crippen molar-refractivity contribution >= 4 is 11.9 Å². The zero-order valence-corrected chi connectivity index (χ0v) is 20.2. The van der Waals surface area contributed by atoms with Gasteiger partial charge in [-0.05, 0) is 6.42 Å². The number of carbonyl (C=O) groups is 2. The summed E-state index contributed by atoms with van der Waals surface area (Å²) in [7, 11) is 0. The molecule has 13 nitrogen and oxygen atoms in total. The topological polar surface area (TPSA) is 211 Å². The highest BCUT2D eigenvalue weighted by Gasteiger charge is 2.47. The molecule has 0 saturated carbocycles. The lowest BCUT2D eigenvalue weighted by Gasteiger charge is -2.42. The Morgan fingerprint density at radius 3 is 2.46 bits per heavy atom. The zero-order valence-electron chi connectivity index (χ0n) is 20.2. The molecule has 13 heteroatoms. The van der Waals surface area contributed by atoms with Crippen molar-refractivity contribution in [1.82, 2.24) is 0 Å². The first kappa shape index (κ1) is 29.2. The van der Waals surface area contributed by atoms with E-state index in [0.717, 1.165) is 11.2 Å². The Hall–Kier alpha value is -2.36. The van der Waals surface area contributed by atoms with Crippen LogP contribution in [0.5, 0.6) is 0 Å². The fourth-order valence-corrected chi connectivity index (χ4v) is 5.10. The molecular weight excluding hydrogens is 494 g/mol. The molecule has 37 heavy (non-hydrogen) atoms. The van der Waals surface area contributed by atoms with Crippen LogP contribution in [0.15, 0.2) is 36.6 Å². The van der Waals surface area contributed by atoms with Gasteiger partial charge in [0.15, 0.2) is 6.29 Å². The SMILES string of the molecule is C=C[C@H]1[C@H](O[C@@H]2O[C@H](CO)[C@@H](O)[C@H](O)[C@H]2O)OC=C(C(=O)O)[C@H]1C=CC1CC(C(=O)[O-])C[NH+](CCO)C1. The maximum Gasteiger partial charge on any atom is 0.335 e. The molecule has 7 N–H and O–H groups in total. The fraction of sp³-hybridized carbons (Fsp3) is 0.667. The minimum Gasteiger partial charge on any atom is -0.550 e. The van der Waals surface area contributed by atoms with E-state index in [1.165, 1.54) is 6.08 Å². The highest BCUT2D eigenvalue weighted by molar-refractivity contribution is 5.87. The molecule has 3 heterocycles. The molecular formula is C24H35NO12. The Morgan fingerprint density at radius 2 is 1.86 bits per heavy atom. The predicted molar refractivity (Wildman–Crippen MR) is 121 cm³/mol. The van der Waals surface area contributed by atoms with E-state index in [1.54, 1.807) is 12.2 Å². The van der Waals surface area contributed by atoms with Gasteiger partial charge in [0.1, 0.15) is 31.0 Å². The van der Waals surface area contributed by atoms with Gasteiger partial charge >= 0.3 is 5.97 Å². The number of likely N-dealkylation sites (tertiary alicyclic amines) is 1. The Balaban J connectivity index is 1.81. The summed E-state index contributed by atoms with van der Waals surface area (Å²) < 4.78 is 16.6. The summed E-state index contributed by atoms with van der Waals surface area (Å²) in [6.07, 6.45) is -2.80. The summed E-state index contributed by atoms with van der Waals surface area (Å²) in [5, 5.41) is 70.3. The number of carboxylic acids is 2. The summed E-state index contributed by atoms with van der Waals surface area (Å²) >= 11 is 0. The molecule has 3 aliphatic heterocycles. The van der Waals surface area contributed by atoms with E-state index in [-0.39, 0.29) is 18.1 Å². The fourth-order valence-electron chi connectivity index (χ4n) is 5.10. The van der Waals surface area contributed by atoms with Crippen molar-refractivity contribution in [3.63, 3.8) is 0 Å². The Bertz CT molecular complexity index is 876. The van der Waals surface area contributed by atoms with Crippen LogP contribution in [-0.4, -0.2) is 112 Å². The Morgan fingerprint density at radius 1 is 1.14 bits per heavy atom. The van der Waals surface area contributed by atoms with Gasteiger partial charge in [0, 0.05) is 17.8 Å². The molecule has 0 aliphatic carbocycles. The number of piperidine rings is 1. The lowest BCUT2D eigenvalue weighted by molar-refractivity contribution is -0.911. The van der Waals surface area contributed by atoms with Crippen LogP contribution in [0.3, 0.4) is 0 Å². The van der Waals surface area contributed by atoms with E-state index in [9.17, 15) is 45.3 Å². The monoisotopic (exact) mass is 529 g/mol. The van der Waals surface area contributed by atoms with Crippen molar-refractivity contribution in [3.8, 4) is 0 Å². The highest BCUT2D eigenvalue weighted by Crippen LogP contribution is 2.36. The molecule has 3 rings (SSSR count). The molecule has 208 valence electrons. The second kappa shape index (κ2) is 12.9. The Kier molecular flexibility index (Phi) is 10.2. The van der Waals surface area contributed by atoms with Gasteiger partial charge in [-0.3, -0.25) is 0 Å². The first-order chi connectivity index (χ1) is 17.6. The van der Waals surface area contributed by atoms with Gasteiger partial charge in [0.25, 0.3) is 0 Å². The van der Waals surface area contributed by atoms with Crippen LogP contribution in [0.2, 0.25) is 0 Å². The van der Waals surface area contributed by atoms with Crippen LogP contribution >= 0.6 is 0 Å². The molecule has 2 saturated heterocycles. The van der Waals surface area contributed by atoms with Crippen LogP contribution in [0.25, 0.3) is 0 Å². The zero-order chi connectivity index (χ0) is 27.3. The van der Waals surface area contributed by atoms with Crippen LogP contribution < -0.4 is 10.0 Å². The van der Waals surface area contributed by atoms with Crippen LogP contribution in [0.4, 0.5) is 0 Å². The molecule has 0 bridgehead atoms. The average molecular weight is 530 g/mol. The third-order valence-electron chi connectivity index (χ3n) is 7.12. The van der Waals surface area contributed by atoms with E-state index < -0.39 is 73.3 Å². The third kappa shape index (κ3) is 6.75. The molecule has 0 aromatic carbocycles. The number of allylic oxidation sites excluding steroid dienone is 1. The number of aliphatic hydroxyl groups is 5. The summed E-state index contributed by atoms with van der Waals surface area (Å²) in [5.41, 5.74) is -0.110. The largest absolute Gasteiger partial charge is 0.550 e. The first-order valence-electron chi connectivity index (χ1n) is 12.1. The van der Waals surface area contributed by atoms with Gasteiger partial charge in [0.05, 0.1) is 50.0 Å². The number of hydrogen-bond acceptors (Lipinski definition) is 11. The smallest absolute Gasteiger partial charge is 0.335 e. The molecule has 0 aromatic rings. The number of carboxylic acid groups (broad SMARTS) is 2. The summed E-state index contributed by atoms with van der Waals surface area (Å²) in [6, 6.07) is 0. The average Bonchev–Trinajstić information content (AvgIpc) is 2.87. The number of quaternary nitrogens is 1. The van der Waals surface area contributed by atoms with E-state index in [1.807, 2.05) is 0 Å². The number of rotatable bonds is 10. The minimum absolute atomic E-state index is 0.104. The van der Waals surface area contributed by atoms with E-state index in [2.05, 4.69) is 6.58 Å². The summed E-state index contributed by atoms with van der Waals surface area (Å²) in [5.74, 6) is -5.00. The van der Waals surface area contributed by atoms with Crippen molar-refractivity contribution in [2.75, 3.05) is 32.8 Å². The highest BCUT2D eigenvalue weighted by atomic mass is 16.8. The lowest BCUT2D eigenvalue weighted by Crippen LogP contribution is -3.15. The quantitative estimate of drug-likeness (QED) is 0.133. The molecule has 0 amide bonds. The van der Waals surface area contributed by atoms with E-state index in [4.69, 9.17) is 14.2 Å². The van der Waals surface area contributed by atoms with Crippen LogP contribution in [0, 0.1) is 23.7 Å². The van der Waals surface area contributed by atoms with Gasteiger partial charge in [-0.15, -0.1) is 6.58 Å². The molecule has 11 atom stereocenters. The van der Waals surface area contributed by atoms with Crippen LogP contribution in [-0.2, 0) is 23.8 Å². The second-order valence-electron chi connectivity index (χ2n) is 9.58. The van der Waals surface area contributed by atoms with Crippen molar-refractivity contribution in [1.29, 1.82) is 0 Å². The number of nitrogens with one attached hydrogen (secondary N) is 1. The minimum atomic E-state index is -1.69. The van der Waals surface area contributed by atoms with Gasteiger partial charge in [0.2, 0.25) is 6.29 Å². The Labute approximate surface area is 213 Å². The molecule has 2 fully saturated rings. The summed E-state index contributed by atoms with van der Waals surface area (Å²) in [4.78, 5) is 24.3. The van der Waals surface area contributed by atoms with Gasteiger partial charge in [-0.25, -0.2) is 4.79 Å². The van der Waals surface area contributed by atoms with Gasteiger partial charge in [-0.1, -0.05) is 18.2 Å². The van der Waals surface area contributed by atoms with Gasteiger partial charge < -0.3 is 59.7 Å². The predicted octanol–water partition coefficient (Wildman–Crippen LogP) is -4.63. The number of ether oxygens (including phenoxy) is 3. The molecule has 0 radical (unpaired) electrons.